The number of hydrogen-bond donors (Lipinski definition) is 1. The molecule has 0 amide bonds. The average Bonchev–Trinajstić information content (AvgIpc) is 3.24. The predicted octanol–water partition coefficient (Wildman–Crippen LogP) is 2.57. The Morgan fingerprint density at radius 1 is 1.44 bits per heavy atom. The number of hydrogen-bond acceptors (Lipinski definition) is 3. The molecule has 2 fully saturated rings. The molecule has 2 aliphatic rings. The smallest absolute Gasteiger partial charge is 0.118 e. The molecule has 1 aromatic heterocycles. The molecule has 3 rings (SSSR count). The Labute approximate surface area is 109 Å². The summed E-state index contributed by atoms with van der Waals surface area (Å²) in [6.45, 7) is 3.93. The normalized spacial score (nSPS) is 28.7. The van der Waals surface area contributed by atoms with Crippen LogP contribution in [0.3, 0.4) is 0 Å². The third-order valence-electron chi connectivity index (χ3n) is 4.54. The molecule has 1 aromatic rings. The van der Waals surface area contributed by atoms with Crippen LogP contribution in [0.2, 0.25) is 0 Å². The van der Waals surface area contributed by atoms with E-state index in [4.69, 9.17) is 10.2 Å². The third kappa shape index (κ3) is 2.47. The van der Waals surface area contributed by atoms with Gasteiger partial charge in [0, 0.05) is 18.5 Å². The van der Waals surface area contributed by atoms with Gasteiger partial charge in [-0.25, -0.2) is 0 Å². The zero-order valence-electron chi connectivity index (χ0n) is 11.4. The van der Waals surface area contributed by atoms with E-state index in [2.05, 4.69) is 31.0 Å². The van der Waals surface area contributed by atoms with Crippen LogP contribution in [0.15, 0.2) is 16.5 Å². The quantitative estimate of drug-likeness (QED) is 0.841. The lowest BCUT2D eigenvalue weighted by atomic mass is 10.1. The van der Waals surface area contributed by atoms with Crippen molar-refractivity contribution in [3.63, 3.8) is 0 Å². The minimum absolute atomic E-state index is 0.526. The van der Waals surface area contributed by atoms with Gasteiger partial charge in [0.2, 0.25) is 0 Å². The maximum Gasteiger partial charge on any atom is 0.118 e. The average molecular weight is 248 g/mol. The van der Waals surface area contributed by atoms with Crippen molar-refractivity contribution in [3.05, 3.63) is 23.7 Å². The monoisotopic (exact) mass is 248 g/mol. The lowest BCUT2D eigenvalue weighted by Gasteiger charge is -2.25. The molecule has 18 heavy (non-hydrogen) atoms. The fraction of sp³-hybridized carbons (Fsp3) is 0.733. The van der Waals surface area contributed by atoms with Gasteiger partial charge in [-0.05, 0) is 50.3 Å². The Balaban J connectivity index is 1.59. The first kappa shape index (κ1) is 12.2. The van der Waals surface area contributed by atoms with Gasteiger partial charge in [-0.1, -0.05) is 6.92 Å². The fourth-order valence-corrected chi connectivity index (χ4v) is 2.97. The van der Waals surface area contributed by atoms with Crippen molar-refractivity contribution in [2.45, 2.75) is 44.7 Å². The van der Waals surface area contributed by atoms with Gasteiger partial charge >= 0.3 is 0 Å². The lowest BCUT2D eigenvalue weighted by Crippen LogP contribution is -2.39. The Morgan fingerprint density at radius 3 is 2.72 bits per heavy atom. The van der Waals surface area contributed by atoms with Gasteiger partial charge < -0.3 is 10.2 Å². The van der Waals surface area contributed by atoms with E-state index in [1.807, 2.05) is 0 Å². The summed E-state index contributed by atoms with van der Waals surface area (Å²) in [5.41, 5.74) is 5.88. The molecule has 3 unspecified atom stereocenters. The number of rotatable bonds is 6. The highest BCUT2D eigenvalue weighted by Gasteiger charge is 2.37. The summed E-state index contributed by atoms with van der Waals surface area (Å²) in [6.07, 6.45) is 3.97. The highest BCUT2D eigenvalue weighted by Crippen LogP contribution is 2.47. The molecule has 0 saturated heterocycles. The van der Waals surface area contributed by atoms with E-state index >= 15 is 0 Å². The van der Waals surface area contributed by atoms with Crippen LogP contribution in [-0.2, 0) is 6.54 Å². The van der Waals surface area contributed by atoms with Crippen molar-refractivity contribution in [2.75, 3.05) is 13.6 Å². The molecular weight excluding hydrogens is 224 g/mol. The second kappa shape index (κ2) is 4.71. The Morgan fingerprint density at radius 2 is 2.17 bits per heavy atom. The molecule has 2 N–H and O–H groups in total. The van der Waals surface area contributed by atoms with E-state index in [1.54, 1.807) is 0 Å². The maximum absolute atomic E-state index is 5.96. The zero-order chi connectivity index (χ0) is 12.7. The summed E-state index contributed by atoms with van der Waals surface area (Å²) < 4.78 is 5.96. The van der Waals surface area contributed by atoms with Gasteiger partial charge in [0.15, 0.2) is 0 Å². The Hall–Kier alpha value is -0.800. The molecule has 0 aliphatic heterocycles. The van der Waals surface area contributed by atoms with E-state index in [9.17, 15) is 0 Å². The van der Waals surface area contributed by atoms with Gasteiger partial charge in [0.25, 0.3) is 0 Å². The van der Waals surface area contributed by atoms with Crippen LogP contribution in [0.1, 0.15) is 43.6 Å². The summed E-state index contributed by atoms with van der Waals surface area (Å²) in [6, 6.07) is 4.82. The van der Waals surface area contributed by atoms with Crippen LogP contribution >= 0.6 is 0 Å². The van der Waals surface area contributed by atoms with Crippen LogP contribution in [0.25, 0.3) is 0 Å². The molecule has 3 nitrogen and oxygen atoms in total. The molecule has 100 valence electrons. The van der Waals surface area contributed by atoms with E-state index < -0.39 is 0 Å². The molecule has 3 heteroatoms. The highest BCUT2D eigenvalue weighted by atomic mass is 16.3. The molecule has 0 radical (unpaired) electrons. The number of nitrogens with two attached hydrogens (primary N) is 1. The third-order valence-corrected chi connectivity index (χ3v) is 4.54. The topological polar surface area (TPSA) is 42.4 Å². The van der Waals surface area contributed by atoms with E-state index in [0.717, 1.165) is 30.7 Å². The van der Waals surface area contributed by atoms with Gasteiger partial charge in [0.05, 0.1) is 6.54 Å². The van der Waals surface area contributed by atoms with Crippen molar-refractivity contribution < 1.29 is 4.42 Å². The minimum atomic E-state index is 0.526. The van der Waals surface area contributed by atoms with Crippen molar-refractivity contribution >= 4 is 0 Å². The summed E-state index contributed by atoms with van der Waals surface area (Å²) in [5.74, 6) is 4.58. The fourth-order valence-electron chi connectivity index (χ4n) is 2.97. The first-order chi connectivity index (χ1) is 8.69. The Kier molecular flexibility index (Phi) is 3.20. The van der Waals surface area contributed by atoms with Crippen molar-refractivity contribution in [2.24, 2.45) is 17.6 Å². The summed E-state index contributed by atoms with van der Waals surface area (Å²) >= 11 is 0. The summed E-state index contributed by atoms with van der Waals surface area (Å²) in [5, 5.41) is 0. The minimum Gasteiger partial charge on any atom is -0.464 e. The molecule has 1 heterocycles. The van der Waals surface area contributed by atoms with Crippen LogP contribution < -0.4 is 5.73 Å². The van der Waals surface area contributed by atoms with E-state index in [0.29, 0.717) is 12.0 Å². The first-order valence-corrected chi connectivity index (χ1v) is 7.18. The molecule has 0 aromatic carbocycles. The van der Waals surface area contributed by atoms with Crippen molar-refractivity contribution in [3.8, 4) is 0 Å². The second-order valence-corrected chi connectivity index (χ2v) is 6.18. The molecular formula is C15H24N2O. The first-order valence-electron chi connectivity index (χ1n) is 7.18. The SMILES string of the molecule is CC1CC1c1ccc(CN(C)C(CN)C2CC2)o1. The van der Waals surface area contributed by atoms with Crippen LogP contribution in [0.5, 0.6) is 0 Å². The molecule has 0 bridgehead atoms. The van der Waals surface area contributed by atoms with Crippen LogP contribution in [-0.4, -0.2) is 24.5 Å². The number of furan rings is 1. The van der Waals surface area contributed by atoms with Gasteiger partial charge in [-0.15, -0.1) is 0 Å². The molecule has 0 spiro atoms. The highest BCUT2D eigenvalue weighted by molar-refractivity contribution is 5.17. The predicted molar refractivity (Wildman–Crippen MR) is 72.3 cm³/mol. The van der Waals surface area contributed by atoms with Gasteiger partial charge in [0.1, 0.15) is 11.5 Å². The van der Waals surface area contributed by atoms with Crippen molar-refractivity contribution in [1.82, 2.24) is 4.90 Å². The summed E-state index contributed by atoms with van der Waals surface area (Å²) in [4.78, 5) is 2.36. The van der Waals surface area contributed by atoms with Crippen LogP contribution in [0.4, 0.5) is 0 Å². The van der Waals surface area contributed by atoms with Gasteiger partial charge in [-0.3, -0.25) is 4.90 Å². The standard InChI is InChI=1S/C15H24N2O/c1-10-7-13(10)15-6-5-12(18-15)9-17(2)14(8-16)11-3-4-11/h5-6,10-11,13-14H,3-4,7-9,16H2,1-2H3. The van der Waals surface area contributed by atoms with Crippen LogP contribution in [0, 0.1) is 11.8 Å². The summed E-state index contributed by atoms with van der Waals surface area (Å²) in [7, 11) is 2.16. The number of likely N-dealkylation sites (N-methyl/N-ethyl adjacent to an activating group) is 1. The lowest BCUT2D eigenvalue weighted by molar-refractivity contribution is 0.199. The Bertz CT molecular complexity index is 410. The largest absolute Gasteiger partial charge is 0.464 e. The number of nitrogens with zero attached hydrogens (tertiary/aromatic N) is 1. The van der Waals surface area contributed by atoms with Crippen molar-refractivity contribution in [1.29, 1.82) is 0 Å². The van der Waals surface area contributed by atoms with E-state index in [1.165, 1.54) is 25.0 Å². The molecule has 2 saturated carbocycles. The molecule has 2 aliphatic carbocycles. The maximum atomic E-state index is 5.96. The van der Waals surface area contributed by atoms with E-state index in [-0.39, 0.29) is 0 Å². The zero-order valence-corrected chi connectivity index (χ0v) is 11.4. The van der Waals surface area contributed by atoms with Gasteiger partial charge in [-0.2, -0.15) is 0 Å². The second-order valence-electron chi connectivity index (χ2n) is 6.18. The molecule has 3 atom stereocenters.